The summed E-state index contributed by atoms with van der Waals surface area (Å²) in [4.78, 5) is 10.4. The molecule has 132 valence electrons. The summed E-state index contributed by atoms with van der Waals surface area (Å²) < 4.78 is 0. The van der Waals surface area contributed by atoms with Crippen molar-refractivity contribution in [3.8, 4) is 0 Å². The normalized spacial score (nSPS) is 12.5. The van der Waals surface area contributed by atoms with Gasteiger partial charge in [0.05, 0.1) is 18.3 Å². The number of hydrogen-bond donors (Lipinski definition) is 2. The first kappa shape index (κ1) is 21.2. The number of aromatic nitrogens is 1. The molecular formula is C17H24ClIN4S. The molecule has 0 aliphatic heterocycles. The van der Waals surface area contributed by atoms with Crippen LogP contribution in [0.15, 0.2) is 29.3 Å². The van der Waals surface area contributed by atoms with Crippen molar-refractivity contribution in [2.45, 2.75) is 40.3 Å². The average Bonchev–Trinajstić information content (AvgIpc) is 2.83. The molecule has 0 aliphatic carbocycles. The van der Waals surface area contributed by atoms with E-state index in [4.69, 9.17) is 11.6 Å². The number of benzene rings is 1. The van der Waals surface area contributed by atoms with Gasteiger partial charge >= 0.3 is 0 Å². The molecule has 1 aromatic heterocycles. The van der Waals surface area contributed by atoms with Gasteiger partial charge < -0.3 is 10.6 Å². The molecule has 7 heteroatoms. The molecule has 2 rings (SSSR count). The molecule has 4 nitrogen and oxygen atoms in total. The molecule has 1 unspecified atom stereocenters. The Morgan fingerprint density at radius 3 is 2.71 bits per heavy atom. The van der Waals surface area contributed by atoms with Gasteiger partial charge in [0.25, 0.3) is 0 Å². The molecule has 1 aromatic carbocycles. The van der Waals surface area contributed by atoms with Gasteiger partial charge in [-0.15, -0.1) is 35.3 Å². The van der Waals surface area contributed by atoms with Gasteiger partial charge in [0.15, 0.2) is 5.96 Å². The third-order valence-electron chi connectivity index (χ3n) is 3.49. The average molecular weight is 479 g/mol. The van der Waals surface area contributed by atoms with Crippen LogP contribution in [0.1, 0.15) is 41.0 Å². The Kier molecular flexibility index (Phi) is 9.01. The van der Waals surface area contributed by atoms with Crippen molar-refractivity contribution >= 4 is 52.9 Å². The summed E-state index contributed by atoms with van der Waals surface area (Å²) >= 11 is 7.76. The van der Waals surface area contributed by atoms with Crippen molar-refractivity contribution in [2.24, 2.45) is 4.99 Å². The topological polar surface area (TPSA) is 49.3 Å². The minimum Gasteiger partial charge on any atom is -0.357 e. The molecular weight excluding hydrogens is 455 g/mol. The number of aliphatic imine (C=N–C) groups is 1. The SMILES string of the molecule is CCNC(=NCc1nc(C)c(C)s1)NC(C)c1cccc(Cl)c1.I. The Morgan fingerprint density at radius 1 is 1.38 bits per heavy atom. The third kappa shape index (κ3) is 6.22. The van der Waals surface area contributed by atoms with E-state index >= 15 is 0 Å². The molecule has 1 atom stereocenters. The summed E-state index contributed by atoms with van der Waals surface area (Å²) in [6.45, 7) is 9.66. The first-order valence-corrected chi connectivity index (χ1v) is 8.92. The molecule has 1 heterocycles. The van der Waals surface area contributed by atoms with Gasteiger partial charge in [0, 0.05) is 16.4 Å². The third-order valence-corrected chi connectivity index (χ3v) is 4.78. The Morgan fingerprint density at radius 2 is 2.12 bits per heavy atom. The van der Waals surface area contributed by atoms with E-state index in [9.17, 15) is 0 Å². The highest BCUT2D eigenvalue weighted by Crippen LogP contribution is 2.18. The van der Waals surface area contributed by atoms with E-state index in [0.717, 1.165) is 33.8 Å². The van der Waals surface area contributed by atoms with E-state index in [2.05, 4.69) is 47.4 Å². The fraction of sp³-hybridized carbons (Fsp3) is 0.412. The number of halogens is 2. The van der Waals surface area contributed by atoms with Crippen molar-refractivity contribution in [3.63, 3.8) is 0 Å². The predicted molar refractivity (Wildman–Crippen MR) is 115 cm³/mol. The monoisotopic (exact) mass is 478 g/mol. The van der Waals surface area contributed by atoms with Crippen LogP contribution in [0.3, 0.4) is 0 Å². The number of nitrogens with one attached hydrogen (secondary N) is 2. The second-order valence-electron chi connectivity index (χ2n) is 5.37. The zero-order valence-corrected chi connectivity index (χ0v) is 18.3. The molecule has 0 saturated carbocycles. The van der Waals surface area contributed by atoms with Gasteiger partial charge in [-0.25, -0.2) is 9.98 Å². The molecule has 2 N–H and O–H groups in total. The second-order valence-corrected chi connectivity index (χ2v) is 7.09. The largest absolute Gasteiger partial charge is 0.357 e. The Bertz CT molecular complexity index is 667. The van der Waals surface area contributed by atoms with Crippen molar-refractivity contribution in [1.29, 1.82) is 0 Å². The van der Waals surface area contributed by atoms with Crippen LogP contribution in [-0.2, 0) is 6.54 Å². The van der Waals surface area contributed by atoms with Crippen LogP contribution in [0.4, 0.5) is 0 Å². The van der Waals surface area contributed by atoms with Crippen LogP contribution in [0.5, 0.6) is 0 Å². The van der Waals surface area contributed by atoms with E-state index in [1.807, 2.05) is 25.1 Å². The van der Waals surface area contributed by atoms with Crippen molar-refractivity contribution in [2.75, 3.05) is 6.54 Å². The van der Waals surface area contributed by atoms with Crippen LogP contribution in [0.2, 0.25) is 5.02 Å². The maximum Gasteiger partial charge on any atom is 0.192 e. The number of guanidine groups is 1. The highest BCUT2D eigenvalue weighted by Gasteiger charge is 2.09. The first-order chi connectivity index (χ1) is 11.0. The van der Waals surface area contributed by atoms with E-state index in [1.165, 1.54) is 4.88 Å². The van der Waals surface area contributed by atoms with E-state index < -0.39 is 0 Å². The molecule has 0 saturated heterocycles. The number of nitrogens with zero attached hydrogens (tertiary/aromatic N) is 2. The molecule has 0 amide bonds. The van der Waals surface area contributed by atoms with E-state index in [0.29, 0.717) is 6.54 Å². The Balaban J connectivity index is 0.00000288. The summed E-state index contributed by atoms with van der Waals surface area (Å²) in [5.74, 6) is 0.783. The molecule has 0 bridgehead atoms. The maximum atomic E-state index is 6.06. The quantitative estimate of drug-likeness (QED) is 0.367. The van der Waals surface area contributed by atoms with Crippen LogP contribution >= 0.6 is 46.9 Å². The molecule has 0 spiro atoms. The number of aryl methyl sites for hydroxylation is 2. The van der Waals surface area contributed by atoms with Gasteiger partial charge in [0.1, 0.15) is 5.01 Å². The van der Waals surface area contributed by atoms with Crippen molar-refractivity contribution in [3.05, 3.63) is 50.4 Å². The second kappa shape index (κ2) is 10.2. The van der Waals surface area contributed by atoms with E-state index in [-0.39, 0.29) is 30.0 Å². The van der Waals surface area contributed by atoms with Crippen LogP contribution < -0.4 is 10.6 Å². The van der Waals surface area contributed by atoms with Gasteiger partial charge in [-0.2, -0.15) is 0 Å². The molecule has 24 heavy (non-hydrogen) atoms. The van der Waals surface area contributed by atoms with E-state index in [1.54, 1.807) is 11.3 Å². The fourth-order valence-corrected chi connectivity index (χ4v) is 3.20. The van der Waals surface area contributed by atoms with Gasteiger partial charge in [-0.1, -0.05) is 23.7 Å². The summed E-state index contributed by atoms with van der Waals surface area (Å²) in [5, 5.41) is 8.46. The predicted octanol–water partition coefficient (Wildman–Crippen LogP) is 4.85. The lowest BCUT2D eigenvalue weighted by Gasteiger charge is -2.18. The highest BCUT2D eigenvalue weighted by atomic mass is 127. The summed E-state index contributed by atoms with van der Waals surface area (Å²) in [7, 11) is 0. The number of hydrogen-bond acceptors (Lipinski definition) is 3. The molecule has 2 aromatic rings. The minimum atomic E-state index is 0. The van der Waals surface area contributed by atoms with Gasteiger partial charge in [-0.05, 0) is 45.4 Å². The Hall–Kier alpha value is -0.860. The zero-order valence-electron chi connectivity index (χ0n) is 14.4. The smallest absolute Gasteiger partial charge is 0.192 e. The van der Waals surface area contributed by atoms with Crippen molar-refractivity contribution in [1.82, 2.24) is 15.6 Å². The number of thiazole rings is 1. The highest BCUT2D eigenvalue weighted by molar-refractivity contribution is 14.0. The van der Waals surface area contributed by atoms with Crippen LogP contribution in [0, 0.1) is 13.8 Å². The van der Waals surface area contributed by atoms with Crippen LogP contribution in [0.25, 0.3) is 0 Å². The standard InChI is InChI=1S/C17H23ClN4S.HI/c1-5-19-17(20-10-16-21-11(2)13(4)23-16)22-12(3)14-7-6-8-15(18)9-14;/h6-9,12H,5,10H2,1-4H3,(H2,19,20,22);1H. The molecule has 0 radical (unpaired) electrons. The Labute approximate surface area is 170 Å². The summed E-state index contributed by atoms with van der Waals surface area (Å²) in [6, 6.07) is 7.98. The lowest BCUT2D eigenvalue weighted by atomic mass is 10.1. The fourth-order valence-electron chi connectivity index (χ4n) is 2.14. The van der Waals surface area contributed by atoms with Gasteiger partial charge in [-0.3, -0.25) is 0 Å². The summed E-state index contributed by atoms with van der Waals surface area (Å²) in [6.07, 6.45) is 0. The van der Waals surface area contributed by atoms with Crippen molar-refractivity contribution < 1.29 is 0 Å². The molecule has 0 fully saturated rings. The van der Waals surface area contributed by atoms with Gasteiger partial charge in [0.2, 0.25) is 0 Å². The minimum absolute atomic E-state index is 0. The maximum absolute atomic E-state index is 6.06. The number of rotatable bonds is 5. The molecule has 0 aliphatic rings. The summed E-state index contributed by atoms with van der Waals surface area (Å²) in [5.41, 5.74) is 2.22. The van der Waals surface area contributed by atoms with Crippen LogP contribution in [-0.4, -0.2) is 17.5 Å². The lowest BCUT2D eigenvalue weighted by Crippen LogP contribution is -2.38. The zero-order chi connectivity index (χ0) is 16.8. The first-order valence-electron chi connectivity index (χ1n) is 7.72. The lowest BCUT2D eigenvalue weighted by molar-refractivity contribution is 0.686.